The Morgan fingerprint density at radius 1 is 0.917 bits per heavy atom. The largest absolute Gasteiger partial charge is 0.142 e. The van der Waals surface area contributed by atoms with E-state index in [2.05, 4.69) is 62.6 Å². The molecule has 0 radical (unpaired) electrons. The van der Waals surface area contributed by atoms with Crippen LogP contribution in [0, 0.1) is 6.92 Å². The summed E-state index contributed by atoms with van der Waals surface area (Å²) in [5.74, 6) is 0. The van der Waals surface area contributed by atoms with Gasteiger partial charge >= 0.3 is 0 Å². The zero-order chi connectivity index (χ0) is 16.7. The van der Waals surface area contributed by atoms with E-state index < -0.39 is 0 Å². The van der Waals surface area contributed by atoms with E-state index in [1.165, 1.54) is 43.6 Å². The highest BCUT2D eigenvalue weighted by atomic mass is 32.2. The molecule has 0 amide bonds. The normalized spacial score (nSPS) is 12.4. The van der Waals surface area contributed by atoms with Crippen LogP contribution in [-0.2, 0) is 0 Å². The highest BCUT2D eigenvalue weighted by Crippen LogP contribution is 2.44. The zero-order valence-corrected chi connectivity index (χ0v) is 17.7. The van der Waals surface area contributed by atoms with Crippen molar-refractivity contribution in [3.8, 4) is 19.5 Å². The third kappa shape index (κ3) is 3.28. The summed E-state index contributed by atoms with van der Waals surface area (Å²) in [6.07, 6.45) is 2.16. The van der Waals surface area contributed by atoms with Crippen molar-refractivity contribution in [2.45, 2.75) is 25.7 Å². The molecule has 0 N–H and O–H groups in total. The first-order chi connectivity index (χ1) is 11.6. The fraction of sp³-hybridized carbons (Fsp3) is 0.158. The number of aryl methyl sites for hydroxylation is 1. The average molecular weight is 405 g/mol. The van der Waals surface area contributed by atoms with E-state index >= 15 is 0 Å². The average Bonchev–Trinajstić information content (AvgIpc) is 3.28. The van der Waals surface area contributed by atoms with E-state index in [0.29, 0.717) is 0 Å². The van der Waals surface area contributed by atoms with Crippen LogP contribution in [0.2, 0.25) is 0 Å². The number of hydrogen-bond donors (Lipinski definition) is 0. The van der Waals surface area contributed by atoms with Crippen LogP contribution in [0.25, 0.3) is 28.9 Å². The molecule has 0 nitrogen and oxygen atoms in total. The van der Waals surface area contributed by atoms with Gasteiger partial charge in [0.25, 0.3) is 0 Å². The van der Waals surface area contributed by atoms with Crippen LogP contribution in [0.15, 0.2) is 51.6 Å². The molecule has 0 aliphatic heterocycles. The Labute approximate surface area is 162 Å². The van der Waals surface area contributed by atoms with Gasteiger partial charge in [-0.15, -0.1) is 45.3 Å². The van der Waals surface area contributed by atoms with Crippen LogP contribution in [-0.4, -0.2) is 0 Å². The molecule has 0 fully saturated rings. The van der Waals surface area contributed by atoms with Gasteiger partial charge in [0.05, 0.1) is 0 Å². The van der Waals surface area contributed by atoms with Gasteiger partial charge in [-0.05, 0) is 56.0 Å². The number of thiophene rings is 4. The zero-order valence-electron chi connectivity index (χ0n) is 13.6. The van der Waals surface area contributed by atoms with Crippen molar-refractivity contribution in [3.05, 3.63) is 51.6 Å². The molecule has 0 atom stereocenters. The third-order valence-electron chi connectivity index (χ3n) is 3.68. The van der Waals surface area contributed by atoms with E-state index in [0.717, 1.165) is 0 Å². The van der Waals surface area contributed by atoms with Gasteiger partial charge in [0, 0.05) is 44.1 Å². The standard InChI is InChI=1S/C19H16S5/c1-4-11(2)21-13-8-16(20-10-13)14-5-6-15(23-14)18-9-19-17(24-18)7-12(3)22-19/h4-10H,1-3H3/b11-4-. The summed E-state index contributed by atoms with van der Waals surface area (Å²) in [7, 11) is 0. The van der Waals surface area contributed by atoms with Crippen LogP contribution in [0.1, 0.15) is 18.7 Å². The summed E-state index contributed by atoms with van der Waals surface area (Å²) in [6.45, 7) is 6.44. The molecular weight excluding hydrogens is 389 g/mol. The highest BCUT2D eigenvalue weighted by molar-refractivity contribution is 8.03. The minimum Gasteiger partial charge on any atom is -0.142 e. The second kappa shape index (κ2) is 6.81. The molecule has 4 rings (SSSR count). The Morgan fingerprint density at radius 3 is 2.42 bits per heavy atom. The van der Waals surface area contributed by atoms with Crippen molar-refractivity contribution < 1.29 is 0 Å². The summed E-state index contributed by atoms with van der Waals surface area (Å²) >= 11 is 9.39. The van der Waals surface area contributed by atoms with Gasteiger partial charge in [-0.3, -0.25) is 0 Å². The lowest BCUT2D eigenvalue weighted by molar-refractivity contribution is 1.54. The fourth-order valence-corrected chi connectivity index (χ4v) is 7.78. The molecule has 0 bridgehead atoms. The van der Waals surface area contributed by atoms with Crippen LogP contribution in [0.3, 0.4) is 0 Å². The van der Waals surface area contributed by atoms with Crippen molar-refractivity contribution in [1.82, 2.24) is 0 Å². The van der Waals surface area contributed by atoms with Gasteiger partial charge in [0.2, 0.25) is 0 Å². The Bertz CT molecular complexity index is 990. The Balaban J connectivity index is 1.61. The van der Waals surface area contributed by atoms with Crippen LogP contribution in [0.4, 0.5) is 0 Å². The fourth-order valence-electron chi connectivity index (χ4n) is 2.43. The van der Waals surface area contributed by atoms with E-state index in [1.54, 1.807) is 0 Å². The predicted octanol–water partition coefficient (Wildman–Crippen LogP) is 8.74. The molecule has 0 saturated heterocycles. The maximum absolute atomic E-state index is 2.35. The van der Waals surface area contributed by atoms with Crippen molar-refractivity contribution in [2.75, 3.05) is 0 Å². The van der Waals surface area contributed by atoms with E-state index in [9.17, 15) is 0 Å². The van der Waals surface area contributed by atoms with Crippen LogP contribution >= 0.6 is 57.1 Å². The maximum atomic E-state index is 2.35. The molecule has 0 aliphatic rings. The summed E-state index contributed by atoms with van der Waals surface area (Å²) in [6, 6.07) is 11.5. The number of rotatable bonds is 4. The Morgan fingerprint density at radius 2 is 1.67 bits per heavy atom. The quantitative estimate of drug-likeness (QED) is 0.306. The second-order valence-electron chi connectivity index (χ2n) is 5.51. The second-order valence-corrected chi connectivity index (χ2v) is 11.2. The number of thioether (sulfide) groups is 1. The van der Waals surface area contributed by atoms with E-state index in [1.807, 2.05) is 57.1 Å². The summed E-state index contributed by atoms with van der Waals surface area (Å²) < 4.78 is 2.83. The molecule has 4 aromatic rings. The summed E-state index contributed by atoms with van der Waals surface area (Å²) in [4.78, 5) is 9.59. The van der Waals surface area contributed by atoms with Gasteiger partial charge < -0.3 is 0 Å². The highest BCUT2D eigenvalue weighted by Gasteiger charge is 2.11. The topological polar surface area (TPSA) is 0 Å². The number of hydrogen-bond acceptors (Lipinski definition) is 5. The summed E-state index contributed by atoms with van der Waals surface area (Å²) in [5, 5.41) is 2.26. The van der Waals surface area contributed by atoms with E-state index in [4.69, 9.17) is 0 Å². The molecule has 4 aromatic heterocycles. The van der Waals surface area contributed by atoms with Crippen LogP contribution in [0.5, 0.6) is 0 Å². The lowest BCUT2D eigenvalue weighted by atomic mass is 10.3. The first-order valence-electron chi connectivity index (χ1n) is 7.62. The van der Waals surface area contributed by atoms with Crippen molar-refractivity contribution in [3.63, 3.8) is 0 Å². The molecule has 5 heteroatoms. The molecule has 0 aliphatic carbocycles. The molecule has 122 valence electrons. The first kappa shape index (κ1) is 16.6. The van der Waals surface area contributed by atoms with Gasteiger partial charge in [-0.1, -0.05) is 17.8 Å². The van der Waals surface area contributed by atoms with Crippen molar-refractivity contribution in [1.29, 1.82) is 0 Å². The Kier molecular flexibility index (Phi) is 4.71. The lowest BCUT2D eigenvalue weighted by Gasteiger charge is -1.95. The maximum Gasteiger partial charge on any atom is 0.0463 e. The van der Waals surface area contributed by atoms with Gasteiger partial charge in [0.1, 0.15) is 0 Å². The molecule has 24 heavy (non-hydrogen) atoms. The molecular formula is C19H16S5. The predicted molar refractivity (Wildman–Crippen MR) is 116 cm³/mol. The van der Waals surface area contributed by atoms with Crippen molar-refractivity contribution >= 4 is 66.5 Å². The molecule has 0 unspecified atom stereocenters. The van der Waals surface area contributed by atoms with E-state index in [-0.39, 0.29) is 0 Å². The minimum atomic E-state index is 1.34. The Hall–Kier alpha value is -0.850. The SMILES string of the molecule is C/C=C(/C)Sc1csc(-c2ccc(-c3cc4sc(C)cc4s3)s2)c1. The van der Waals surface area contributed by atoms with Crippen LogP contribution < -0.4 is 0 Å². The summed E-state index contributed by atoms with van der Waals surface area (Å²) in [5.41, 5.74) is 0. The lowest BCUT2D eigenvalue weighted by Crippen LogP contribution is -1.65. The number of allylic oxidation sites excluding steroid dienone is 2. The number of fused-ring (bicyclic) bond motifs is 1. The molecule has 0 aromatic carbocycles. The van der Waals surface area contributed by atoms with Gasteiger partial charge in [-0.25, -0.2) is 0 Å². The van der Waals surface area contributed by atoms with Gasteiger partial charge in [-0.2, -0.15) is 0 Å². The molecule has 0 spiro atoms. The third-order valence-corrected chi connectivity index (χ3v) is 9.48. The van der Waals surface area contributed by atoms with Gasteiger partial charge in [0.15, 0.2) is 0 Å². The minimum absolute atomic E-state index is 1.34. The molecule has 4 heterocycles. The molecule has 0 saturated carbocycles. The van der Waals surface area contributed by atoms with Crippen molar-refractivity contribution in [2.24, 2.45) is 0 Å². The first-order valence-corrected chi connectivity index (χ1v) is 11.8. The monoisotopic (exact) mass is 404 g/mol. The smallest absolute Gasteiger partial charge is 0.0463 e.